The number of hydrogen-bond donors (Lipinski definition) is 1. The summed E-state index contributed by atoms with van der Waals surface area (Å²) < 4.78 is 7.64. The van der Waals surface area contributed by atoms with E-state index in [4.69, 9.17) is 4.74 Å². The molecule has 1 atom stereocenters. The van der Waals surface area contributed by atoms with E-state index >= 15 is 0 Å². The van der Waals surface area contributed by atoms with E-state index < -0.39 is 5.97 Å². The highest BCUT2D eigenvalue weighted by atomic mass is 16.5. The average molecular weight is 288 g/mol. The fourth-order valence-electron chi connectivity index (χ4n) is 2.91. The lowest BCUT2D eigenvalue weighted by Gasteiger charge is -2.13. The lowest BCUT2D eigenvalue weighted by molar-refractivity contribution is 0.0697. The molecule has 1 fully saturated rings. The second kappa shape index (κ2) is 5.85. The maximum Gasteiger partial charge on any atom is 0.335 e. The van der Waals surface area contributed by atoms with Crippen LogP contribution in [0.4, 0.5) is 0 Å². The van der Waals surface area contributed by atoms with E-state index in [0.717, 1.165) is 55.9 Å². The summed E-state index contributed by atoms with van der Waals surface area (Å²) in [4.78, 5) is 15.9. The van der Waals surface area contributed by atoms with E-state index in [9.17, 15) is 9.90 Å². The van der Waals surface area contributed by atoms with Crippen molar-refractivity contribution in [2.45, 2.75) is 32.7 Å². The Hall–Kier alpha value is -1.88. The van der Waals surface area contributed by atoms with Crippen molar-refractivity contribution >= 4 is 17.0 Å². The third-order valence-corrected chi connectivity index (χ3v) is 4.01. The second-order valence-electron chi connectivity index (χ2n) is 5.63. The minimum atomic E-state index is -0.897. The maximum atomic E-state index is 11.2. The average Bonchev–Trinajstić information content (AvgIpc) is 3.08. The summed E-state index contributed by atoms with van der Waals surface area (Å²) in [6, 6.07) is 5.16. The Morgan fingerprint density at radius 2 is 2.38 bits per heavy atom. The molecule has 0 radical (unpaired) electrons. The normalized spacial score (nSPS) is 18.4. The van der Waals surface area contributed by atoms with E-state index in [2.05, 4.69) is 16.5 Å². The third-order valence-electron chi connectivity index (χ3n) is 4.01. The Morgan fingerprint density at radius 3 is 3.05 bits per heavy atom. The molecule has 2 heterocycles. The number of aromatic nitrogens is 2. The van der Waals surface area contributed by atoms with Gasteiger partial charge in [-0.1, -0.05) is 6.92 Å². The standard InChI is InChI=1S/C16H20N2O3/c1-2-3-15-17-13-5-4-12(16(19)20)8-14(13)18(15)9-11-6-7-21-10-11/h4-5,8,11H,2-3,6-7,9-10H2,1H3,(H,19,20). The molecule has 5 heteroatoms. The molecule has 2 aromatic rings. The fraction of sp³-hybridized carbons (Fsp3) is 0.500. The van der Waals surface area contributed by atoms with Crippen molar-refractivity contribution in [1.82, 2.24) is 9.55 Å². The van der Waals surface area contributed by atoms with Crippen molar-refractivity contribution in [1.29, 1.82) is 0 Å². The van der Waals surface area contributed by atoms with E-state index in [0.29, 0.717) is 11.5 Å². The summed E-state index contributed by atoms with van der Waals surface area (Å²) in [5.74, 6) is 0.638. The predicted molar refractivity (Wildman–Crippen MR) is 79.6 cm³/mol. The van der Waals surface area contributed by atoms with Crippen molar-refractivity contribution in [2.75, 3.05) is 13.2 Å². The first-order chi connectivity index (χ1) is 10.2. The molecule has 0 spiro atoms. The van der Waals surface area contributed by atoms with Gasteiger partial charge in [-0.2, -0.15) is 0 Å². The highest BCUT2D eigenvalue weighted by Gasteiger charge is 2.20. The molecule has 1 aromatic carbocycles. The molecule has 0 amide bonds. The van der Waals surface area contributed by atoms with Crippen LogP contribution < -0.4 is 0 Å². The van der Waals surface area contributed by atoms with Crippen molar-refractivity contribution in [2.24, 2.45) is 5.92 Å². The number of rotatable bonds is 5. The van der Waals surface area contributed by atoms with Gasteiger partial charge in [-0.05, 0) is 31.0 Å². The van der Waals surface area contributed by atoms with E-state index in [1.807, 2.05) is 0 Å². The van der Waals surface area contributed by atoms with Crippen LogP contribution >= 0.6 is 0 Å². The highest BCUT2D eigenvalue weighted by molar-refractivity contribution is 5.92. The van der Waals surface area contributed by atoms with E-state index in [1.165, 1.54) is 0 Å². The lowest BCUT2D eigenvalue weighted by atomic mass is 10.1. The Balaban J connectivity index is 2.04. The zero-order valence-corrected chi connectivity index (χ0v) is 12.2. The van der Waals surface area contributed by atoms with Gasteiger partial charge < -0.3 is 14.4 Å². The first kappa shape index (κ1) is 14.1. The van der Waals surface area contributed by atoms with Crippen molar-refractivity contribution in [3.8, 4) is 0 Å². The number of carboxylic acids is 1. The Kier molecular flexibility index (Phi) is 3.92. The summed E-state index contributed by atoms with van der Waals surface area (Å²) in [6.45, 7) is 4.59. The van der Waals surface area contributed by atoms with Gasteiger partial charge in [0.05, 0.1) is 23.2 Å². The summed E-state index contributed by atoms with van der Waals surface area (Å²) >= 11 is 0. The number of benzene rings is 1. The van der Waals surface area contributed by atoms with Crippen molar-refractivity contribution < 1.29 is 14.6 Å². The zero-order chi connectivity index (χ0) is 14.8. The summed E-state index contributed by atoms with van der Waals surface area (Å²) in [6.07, 6.45) is 2.99. The second-order valence-corrected chi connectivity index (χ2v) is 5.63. The summed E-state index contributed by atoms with van der Waals surface area (Å²) in [7, 11) is 0. The molecule has 1 aromatic heterocycles. The Morgan fingerprint density at radius 1 is 1.52 bits per heavy atom. The molecule has 0 bridgehead atoms. The van der Waals surface area contributed by atoms with Crippen LogP contribution in [-0.2, 0) is 17.7 Å². The molecule has 21 heavy (non-hydrogen) atoms. The molecular weight excluding hydrogens is 268 g/mol. The monoisotopic (exact) mass is 288 g/mol. The van der Waals surface area contributed by atoms with Crippen molar-refractivity contribution in [3.63, 3.8) is 0 Å². The largest absolute Gasteiger partial charge is 0.478 e. The van der Waals surface area contributed by atoms with Gasteiger partial charge in [0.25, 0.3) is 0 Å². The van der Waals surface area contributed by atoms with Crippen LogP contribution in [0.5, 0.6) is 0 Å². The number of hydrogen-bond acceptors (Lipinski definition) is 3. The van der Waals surface area contributed by atoms with Gasteiger partial charge in [-0.3, -0.25) is 0 Å². The van der Waals surface area contributed by atoms with Crippen LogP contribution in [0.2, 0.25) is 0 Å². The SMILES string of the molecule is CCCc1nc2ccc(C(=O)O)cc2n1CC1CCOC1. The number of aromatic carboxylic acids is 1. The van der Waals surface area contributed by atoms with Gasteiger partial charge in [0, 0.05) is 25.5 Å². The van der Waals surface area contributed by atoms with Gasteiger partial charge >= 0.3 is 5.97 Å². The molecule has 1 saturated heterocycles. The number of fused-ring (bicyclic) bond motifs is 1. The van der Waals surface area contributed by atoms with Gasteiger partial charge in [0.15, 0.2) is 0 Å². The smallest absolute Gasteiger partial charge is 0.335 e. The molecule has 112 valence electrons. The molecule has 1 aliphatic rings. The first-order valence-corrected chi connectivity index (χ1v) is 7.49. The van der Waals surface area contributed by atoms with Gasteiger partial charge in [0.1, 0.15) is 5.82 Å². The fourth-order valence-corrected chi connectivity index (χ4v) is 2.91. The third kappa shape index (κ3) is 2.78. The molecule has 0 saturated carbocycles. The van der Waals surface area contributed by atoms with E-state index in [1.54, 1.807) is 18.2 Å². The molecule has 1 N–H and O–H groups in total. The quantitative estimate of drug-likeness (QED) is 0.918. The number of ether oxygens (including phenoxy) is 1. The molecule has 3 rings (SSSR count). The number of imidazole rings is 1. The minimum Gasteiger partial charge on any atom is -0.478 e. The van der Waals surface area contributed by atoms with Gasteiger partial charge in [-0.15, -0.1) is 0 Å². The Labute approximate surface area is 123 Å². The van der Waals surface area contributed by atoms with Gasteiger partial charge in [0.2, 0.25) is 0 Å². The van der Waals surface area contributed by atoms with Crippen LogP contribution in [-0.4, -0.2) is 33.8 Å². The first-order valence-electron chi connectivity index (χ1n) is 7.49. The molecule has 1 unspecified atom stereocenters. The maximum absolute atomic E-state index is 11.2. The minimum absolute atomic E-state index is 0.314. The summed E-state index contributed by atoms with van der Waals surface area (Å²) in [5.41, 5.74) is 2.11. The number of nitrogens with zero attached hydrogens (tertiary/aromatic N) is 2. The molecule has 5 nitrogen and oxygen atoms in total. The predicted octanol–water partition coefficient (Wildman–Crippen LogP) is 2.72. The van der Waals surface area contributed by atoms with Gasteiger partial charge in [-0.25, -0.2) is 9.78 Å². The highest BCUT2D eigenvalue weighted by Crippen LogP contribution is 2.23. The molecule has 0 aliphatic carbocycles. The van der Waals surface area contributed by atoms with E-state index in [-0.39, 0.29) is 0 Å². The van der Waals surface area contributed by atoms with Crippen LogP contribution in [0.1, 0.15) is 35.9 Å². The van der Waals surface area contributed by atoms with Crippen LogP contribution in [0.25, 0.3) is 11.0 Å². The zero-order valence-electron chi connectivity index (χ0n) is 12.2. The summed E-state index contributed by atoms with van der Waals surface area (Å²) in [5, 5.41) is 9.18. The molecule has 1 aliphatic heterocycles. The number of carbonyl (C=O) groups is 1. The Bertz CT molecular complexity index is 657. The topological polar surface area (TPSA) is 64.3 Å². The van der Waals surface area contributed by atoms with Crippen LogP contribution in [0.15, 0.2) is 18.2 Å². The van der Waals surface area contributed by atoms with Crippen LogP contribution in [0.3, 0.4) is 0 Å². The number of aryl methyl sites for hydroxylation is 1. The van der Waals surface area contributed by atoms with Crippen LogP contribution in [0, 0.1) is 5.92 Å². The number of carboxylic acid groups (broad SMARTS) is 1. The van der Waals surface area contributed by atoms with Crippen molar-refractivity contribution in [3.05, 3.63) is 29.6 Å². The molecular formula is C16H20N2O3. The lowest BCUT2D eigenvalue weighted by Crippen LogP contribution is -2.13.